The van der Waals surface area contributed by atoms with Gasteiger partial charge < -0.3 is 10.6 Å². The maximum atomic E-state index is 12.2. The topological polar surface area (TPSA) is 41.1 Å². The first-order chi connectivity index (χ1) is 8.12. The van der Waals surface area contributed by atoms with Crippen molar-refractivity contribution in [3.05, 3.63) is 0 Å². The van der Waals surface area contributed by atoms with E-state index in [9.17, 15) is 31.1 Å². The van der Waals surface area contributed by atoms with E-state index in [2.05, 4.69) is 5.32 Å². The Hall–Kier alpha value is -0.990. The zero-order valence-electron chi connectivity index (χ0n) is 9.16. The number of amides is 1. The molecule has 0 unspecified atom stereocenters. The van der Waals surface area contributed by atoms with Gasteiger partial charge in [0.15, 0.2) is 0 Å². The summed E-state index contributed by atoms with van der Waals surface area (Å²) in [6.07, 6.45) is -10.3. The van der Waals surface area contributed by atoms with E-state index in [1.807, 2.05) is 0 Å². The number of halogens is 6. The molecule has 0 saturated carbocycles. The van der Waals surface area contributed by atoms with Gasteiger partial charge in [0.05, 0.1) is 0 Å². The molecule has 1 heterocycles. The second-order valence-corrected chi connectivity index (χ2v) is 4.07. The molecule has 1 saturated heterocycles. The summed E-state index contributed by atoms with van der Waals surface area (Å²) in [5.74, 6) is -6.00. The molecular weight excluding hydrogens is 266 g/mol. The van der Waals surface area contributed by atoms with Gasteiger partial charge in [0.1, 0.15) is 0 Å². The van der Waals surface area contributed by atoms with Gasteiger partial charge in [-0.1, -0.05) is 0 Å². The molecule has 0 aromatic rings. The standard InChI is InChI=1S/C9H12F6N2O/c10-8(11,12)6(9(13,14)15)7(18)17-5-2-1-3-16-4-5/h5-6,16H,1-4H2,(H,17,18)/t5-/m1/s1. The maximum absolute atomic E-state index is 12.2. The molecule has 1 amide bonds. The third-order valence-corrected chi connectivity index (χ3v) is 2.56. The van der Waals surface area contributed by atoms with Crippen LogP contribution in [0.3, 0.4) is 0 Å². The van der Waals surface area contributed by atoms with Crippen molar-refractivity contribution in [1.29, 1.82) is 0 Å². The Balaban J connectivity index is 2.71. The Kier molecular flexibility index (Phi) is 4.46. The molecular formula is C9H12F6N2O. The van der Waals surface area contributed by atoms with Gasteiger partial charge in [-0.2, -0.15) is 26.3 Å². The number of nitrogens with one attached hydrogen (secondary N) is 2. The molecule has 0 radical (unpaired) electrons. The molecule has 1 rings (SSSR count). The molecule has 2 N–H and O–H groups in total. The smallest absolute Gasteiger partial charge is 0.351 e. The first kappa shape index (κ1) is 15.1. The summed E-state index contributed by atoms with van der Waals surface area (Å²) in [4.78, 5) is 11.1. The average Bonchev–Trinajstić information content (AvgIpc) is 2.13. The van der Waals surface area contributed by atoms with E-state index in [-0.39, 0.29) is 6.54 Å². The highest BCUT2D eigenvalue weighted by atomic mass is 19.4. The van der Waals surface area contributed by atoms with Gasteiger partial charge in [-0.15, -0.1) is 0 Å². The van der Waals surface area contributed by atoms with Crippen LogP contribution >= 0.6 is 0 Å². The van der Waals surface area contributed by atoms with Gasteiger partial charge in [0.2, 0.25) is 11.8 Å². The number of hydrogen-bond donors (Lipinski definition) is 2. The van der Waals surface area contributed by atoms with Crippen LogP contribution in [0.25, 0.3) is 0 Å². The van der Waals surface area contributed by atoms with Gasteiger partial charge in [-0.25, -0.2) is 0 Å². The highest BCUT2D eigenvalue weighted by Crippen LogP contribution is 2.39. The fourth-order valence-corrected chi connectivity index (χ4v) is 1.74. The van der Waals surface area contributed by atoms with Crippen LogP contribution in [0, 0.1) is 5.92 Å². The van der Waals surface area contributed by atoms with Crippen LogP contribution < -0.4 is 10.6 Å². The van der Waals surface area contributed by atoms with Gasteiger partial charge in [-0.3, -0.25) is 4.79 Å². The SMILES string of the molecule is O=C(N[C@@H]1CCCNC1)C(C(F)(F)F)C(F)(F)F. The van der Waals surface area contributed by atoms with E-state index in [0.29, 0.717) is 19.4 Å². The van der Waals surface area contributed by atoms with Crippen LogP contribution in [0.4, 0.5) is 26.3 Å². The van der Waals surface area contributed by atoms with Crippen LogP contribution in [-0.4, -0.2) is 37.4 Å². The van der Waals surface area contributed by atoms with Crippen molar-refractivity contribution in [3.63, 3.8) is 0 Å². The first-order valence-corrected chi connectivity index (χ1v) is 5.27. The quantitative estimate of drug-likeness (QED) is 0.753. The van der Waals surface area contributed by atoms with Crippen LogP contribution in [0.2, 0.25) is 0 Å². The molecule has 1 aliphatic rings. The van der Waals surface area contributed by atoms with Gasteiger partial charge in [0, 0.05) is 12.6 Å². The summed E-state index contributed by atoms with van der Waals surface area (Å²) < 4.78 is 73.3. The monoisotopic (exact) mass is 278 g/mol. The predicted molar refractivity (Wildman–Crippen MR) is 49.6 cm³/mol. The molecule has 0 aromatic carbocycles. The zero-order valence-corrected chi connectivity index (χ0v) is 9.16. The predicted octanol–water partition coefficient (Wildman–Crippen LogP) is 1.60. The Morgan fingerprint density at radius 1 is 1.17 bits per heavy atom. The molecule has 1 fully saturated rings. The Bertz CT molecular complexity index is 280. The highest BCUT2D eigenvalue weighted by molar-refractivity contribution is 5.80. The van der Waals surface area contributed by atoms with E-state index in [1.54, 1.807) is 5.32 Å². The highest BCUT2D eigenvalue weighted by Gasteiger charge is 2.61. The van der Waals surface area contributed by atoms with E-state index < -0.39 is 30.2 Å². The Morgan fingerprint density at radius 3 is 2.11 bits per heavy atom. The van der Waals surface area contributed by atoms with E-state index in [0.717, 1.165) is 0 Å². The fraction of sp³-hybridized carbons (Fsp3) is 0.889. The molecule has 1 atom stereocenters. The van der Waals surface area contributed by atoms with E-state index in [1.165, 1.54) is 0 Å². The molecule has 0 bridgehead atoms. The van der Waals surface area contributed by atoms with Gasteiger partial charge >= 0.3 is 12.4 Å². The van der Waals surface area contributed by atoms with Crippen LogP contribution in [0.15, 0.2) is 0 Å². The van der Waals surface area contributed by atoms with Gasteiger partial charge in [-0.05, 0) is 19.4 Å². The van der Waals surface area contributed by atoms with Crippen molar-refractivity contribution < 1.29 is 31.1 Å². The second-order valence-electron chi connectivity index (χ2n) is 4.07. The third kappa shape index (κ3) is 4.04. The number of alkyl halides is 6. The van der Waals surface area contributed by atoms with Crippen molar-refractivity contribution in [2.24, 2.45) is 5.92 Å². The number of carbonyl (C=O) groups is 1. The molecule has 18 heavy (non-hydrogen) atoms. The van der Waals surface area contributed by atoms with Crippen molar-refractivity contribution in [1.82, 2.24) is 10.6 Å². The summed E-state index contributed by atoms with van der Waals surface area (Å²) in [5.41, 5.74) is 0. The average molecular weight is 278 g/mol. The van der Waals surface area contributed by atoms with Crippen molar-refractivity contribution >= 4 is 5.91 Å². The second kappa shape index (κ2) is 5.33. The Morgan fingerprint density at radius 2 is 1.72 bits per heavy atom. The van der Waals surface area contributed by atoms with Crippen LogP contribution in [-0.2, 0) is 4.79 Å². The van der Waals surface area contributed by atoms with Crippen molar-refractivity contribution in [2.45, 2.75) is 31.2 Å². The molecule has 0 spiro atoms. The van der Waals surface area contributed by atoms with Crippen molar-refractivity contribution in [2.75, 3.05) is 13.1 Å². The molecule has 1 aliphatic heterocycles. The molecule has 3 nitrogen and oxygen atoms in total. The summed E-state index contributed by atoms with van der Waals surface area (Å²) >= 11 is 0. The molecule has 0 aliphatic carbocycles. The first-order valence-electron chi connectivity index (χ1n) is 5.27. The van der Waals surface area contributed by atoms with Crippen LogP contribution in [0.5, 0.6) is 0 Å². The molecule has 0 aromatic heterocycles. The summed E-state index contributed by atoms with van der Waals surface area (Å²) in [5, 5.41) is 4.57. The lowest BCUT2D eigenvalue weighted by Gasteiger charge is -2.27. The molecule has 106 valence electrons. The minimum atomic E-state index is -5.63. The van der Waals surface area contributed by atoms with Crippen LogP contribution in [0.1, 0.15) is 12.8 Å². The minimum Gasteiger partial charge on any atom is -0.351 e. The normalized spacial score (nSPS) is 22.1. The number of rotatable bonds is 2. The lowest BCUT2D eigenvalue weighted by atomic mass is 10.0. The third-order valence-electron chi connectivity index (χ3n) is 2.56. The number of piperidine rings is 1. The maximum Gasteiger partial charge on any atom is 0.409 e. The Labute approximate surface area is 98.9 Å². The summed E-state index contributed by atoms with van der Waals surface area (Å²) in [7, 11) is 0. The summed E-state index contributed by atoms with van der Waals surface area (Å²) in [6.45, 7) is 0.808. The van der Waals surface area contributed by atoms with E-state index >= 15 is 0 Å². The van der Waals surface area contributed by atoms with E-state index in [4.69, 9.17) is 0 Å². The number of hydrogen-bond acceptors (Lipinski definition) is 2. The zero-order chi connectivity index (χ0) is 14.0. The lowest BCUT2D eigenvalue weighted by Crippen LogP contribution is -2.53. The summed E-state index contributed by atoms with van der Waals surface area (Å²) in [6, 6.07) is -0.696. The fourth-order valence-electron chi connectivity index (χ4n) is 1.74. The van der Waals surface area contributed by atoms with Gasteiger partial charge in [0.25, 0.3) is 0 Å². The minimum absolute atomic E-state index is 0.175. The largest absolute Gasteiger partial charge is 0.409 e. The number of carbonyl (C=O) groups excluding carboxylic acids is 1. The van der Waals surface area contributed by atoms with Crippen molar-refractivity contribution in [3.8, 4) is 0 Å². The lowest BCUT2D eigenvalue weighted by molar-refractivity contribution is -0.274. The molecule has 9 heteroatoms.